The highest BCUT2D eigenvalue weighted by atomic mass is 16.5. The molecule has 1 aliphatic heterocycles. The summed E-state index contributed by atoms with van der Waals surface area (Å²) in [6.45, 7) is 2.24. The quantitative estimate of drug-likeness (QED) is 0.524. The van der Waals surface area contributed by atoms with E-state index in [-0.39, 0.29) is 24.7 Å². The van der Waals surface area contributed by atoms with E-state index in [2.05, 4.69) is 42.6 Å². The molecule has 1 unspecified atom stereocenters. The Balaban J connectivity index is 1.93. The van der Waals surface area contributed by atoms with Crippen molar-refractivity contribution in [3.8, 4) is 17.2 Å². The molecular weight excluding hydrogens is 432 g/mol. The second-order valence-electron chi connectivity index (χ2n) is 8.30. The Morgan fingerprint density at radius 1 is 0.882 bits per heavy atom. The number of esters is 1. The Labute approximate surface area is 200 Å². The first-order chi connectivity index (χ1) is 16.5. The topological polar surface area (TPSA) is 70.5 Å². The number of nitrogens with one attached hydrogen (secondary N) is 2. The van der Waals surface area contributed by atoms with Crippen LogP contribution >= 0.6 is 0 Å². The first-order valence-electron chi connectivity index (χ1n) is 11.1. The first kappa shape index (κ1) is 23.4. The number of carbonyl (C=O) groups is 1. The molecule has 1 aliphatic rings. The fraction of sp³-hybridized carbons (Fsp3) is 0.296. The van der Waals surface area contributed by atoms with Crippen molar-refractivity contribution in [1.82, 2.24) is 0 Å². The van der Waals surface area contributed by atoms with Crippen LogP contribution in [0.4, 0.5) is 5.69 Å². The van der Waals surface area contributed by atoms with Crippen LogP contribution in [-0.4, -0.2) is 41.0 Å². The number of methoxy groups -OCH3 is 4. The highest BCUT2D eigenvalue weighted by Crippen LogP contribution is 2.41. The van der Waals surface area contributed by atoms with Crippen LogP contribution in [0.25, 0.3) is 0 Å². The van der Waals surface area contributed by atoms with E-state index in [4.69, 9.17) is 18.9 Å². The minimum atomic E-state index is -0.286. The number of anilines is 1. The summed E-state index contributed by atoms with van der Waals surface area (Å²) in [5.41, 5.74) is 5.33. The summed E-state index contributed by atoms with van der Waals surface area (Å²) in [6.07, 6.45) is -0.284. The molecule has 0 saturated carbocycles. The predicted octanol–water partition coefficient (Wildman–Crippen LogP) is 3.29. The number of rotatable bonds is 7. The highest BCUT2D eigenvalue weighted by molar-refractivity contribution is 5.70. The van der Waals surface area contributed by atoms with Crippen LogP contribution in [-0.2, 0) is 9.53 Å². The largest absolute Gasteiger partial charge is 0.493 e. The normalized spacial score (nSPS) is 18.9. The van der Waals surface area contributed by atoms with Crippen LogP contribution in [0.1, 0.15) is 34.5 Å². The van der Waals surface area contributed by atoms with Crippen molar-refractivity contribution in [2.45, 2.75) is 19.1 Å². The van der Waals surface area contributed by atoms with E-state index in [1.54, 1.807) is 21.3 Å². The van der Waals surface area contributed by atoms with Gasteiger partial charge >= 0.3 is 5.97 Å². The number of benzene rings is 3. The van der Waals surface area contributed by atoms with Crippen LogP contribution in [0.3, 0.4) is 0 Å². The third-order valence-electron chi connectivity index (χ3n) is 6.29. The molecule has 4 rings (SSSR count). The summed E-state index contributed by atoms with van der Waals surface area (Å²) in [7, 11) is 6.19. The number of aryl methyl sites for hydroxylation is 1. The number of carbonyl (C=O) groups excluding carboxylic acids is 1. The molecule has 7 heteroatoms. The van der Waals surface area contributed by atoms with E-state index >= 15 is 0 Å². The van der Waals surface area contributed by atoms with Crippen molar-refractivity contribution < 1.29 is 28.6 Å². The molecule has 0 amide bonds. The predicted molar refractivity (Wildman–Crippen MR) is 130 cm³/mol. The zero-order chi connectivity index (χ0) is 24.2. The zero-order valence-corrected chi connectivity index (χ0v) is 20.2. The van der Waals surface area contributed by atoms with E-state index in [0.717, 1.165) is 32.8 Å². The van der Waals surface area contributed by atoms with Crippen molar-refractivity contribution in [1.29, 1.82) is 0 Å². The molecule has 0 bridgehead atoms. The minimum Gasteiger partial charge on any atom is -0.493 e. The smallest absolute Gasteiger partial charge is 0.361 e. The van der Waals surface area contributed by atoms with Gasteiger partial charge in [-0.15, -0.1) is 0 Å². The molecule has 0 fully saturated rings. The second kappa shape index (κ2) is 10.1. The van der Waals surface area contributed by atoms with Gasteiger partial charge in [0.05, 0.1) is 28.4 Å². The Morgan fingerprint density at radius 3 is 2.15 bits per heavy atom. The van der Waals surface area contributed by atoms with Crippen molar-refractivity contribution in [3.63, 3.8) is 0 Å². The molecule has 3 aromatic rings. The fourth-order valence-corrected chi connectivity index (χ4v) is 4.71. The number of quaternary nitrogens is 1. The van der Waals surface area contributed by atoms with E-state index in [1.165, 1.54) is 7.11 Å². The van der Waals surface area contributed by atoms with Gasteiger partial charge in [-0.05, 0) is 31.2 Å². The van der Waals surface area contributed by atoms with Gasteiger partial charge in [0.2, 0.25) is 5.75 Å². The molecule has 0 aliphatic carbocycles. The summed E-state index contributed by atoms with van der Waals surface area (Å²) in [5, 5.41) is 3.66. The lowest BCUT2D eigenvalue weighted by Gasteiger charge is -2.41. The molecular formula is C27H31N2O5+. The number of fused-ring (bicyclic) bond motifs is 1. The molecule has 0 spiro atoms. The van der Waals surface area contributed by atoms with Gasteiger partial charge in [-0.2, -0.15) is 0 Å². The fourth-order valence-electron chi connectivity index (χ4n) is 4.71. The van der Waals surface area contributed by atoms with Crippen molar-refractivity contribution in [3.05, 3.63) is 82.9 Å². The van der Waals surface area contributed by atoms with E-state index < -0.39 is 0 Å². The lowest BCUT2D eigenvalue weighted by Crippen LogP contribution is -3.15. The van der Waals surface area contributed by atoms with Gasteiger partial charge in [0.1, 0.15) is 6.04 Å². The maximum atomic E-state index is 12.6. The number of hydrogen-bond donors (Lipinski definition) is 2. The molecule has 178 valence electrons. The Bertz CT molecular complexity index is 1140. The molecule has 0 saturated heterocycles. The van der Waals surface area contributed by atoms with Gasteiger partial charge in [0, 0.05) is 22.4 Å². The van der Waals surface area contributed by atoms with E-state index in [9.17, 15) is 4.79 Å². The van der Waals surface area contributed by atoms with E-state index in [1.807, 2.05) is 30.3 Å². The van der Waals surface area contributed by atoms with Crippen molar-refractivity contribution in [2.75, 3.05) is 40.3 Å². The number of hydrogen-bond acceptors (Lipinski definition) is 6. The maximum Gasteiger partial charge on any atom is 0.361 e. The summed E-state index contributed by atoms with van der Waals surface area (Å²) in [5.74, 6) is 1.35. The molecule has 1 heterocycles. The lowest BCUT2D eigenvalue weighted by molar-refractivity contribution is -0.947. The van der Waals surface area contributed by atoms with Crippen LogP contribution in [0.5, 0.6) is 17.2 Å². The van der Waals surface area contributed by atoms with Crippen LogP contribution < -0.4 is 24.4 Å². The summed E-state index contributed by atoms with van der Waals surface area (Å²) < 4.78 is 21.8. The zero-order valence-electron chi connectivity index (χ0n) is 20.2. The average Bonchev–Trinajstić information content (AvgIpc) is 2.87. The molecule has 0 radical (unpaired) electrons. The maximum absolute atomic E-state index is 12.6. The lowest BCUT2D eigenvalue weighted by atomic mass is 9.90. The van der Waals surface area contributed by atoms with Gasteiger partial charge in [-0.1, -0.05) is 42.0 Å². The average molecular weight is 464 g/mol. The van der Waals surface area contributed by atoms with Crippen molar-refractivity contribution >= 4 is 11.7 Å². The molecule has 3 atom stereocenters. The van der Waals surface area contributed by atoms with E-state index in [0.29, 0.717) is 17.2 Å². The molecule has 34 heavy (non-hydrogen) atoms. The standard InChI is InChI=1S/C27H30N2O5/c1-17-11-12-21-20(13-17)25(18-9-7-6-8-10-18)29(16-24(30)33-4)27(28-21)19-14-22(31-2)26(34-5)23(15-19)32-3/h6-15,25,27-28H,16H2,1-5H3/p+1/t25-,27+/m0/s1. The summed E-state index contributed by atoms with van der Waals surface area (Å²) in [6, 6.07) is 20.4. The Hall–Kier alpha value is -3.71. The third kappa shape index (κ3) is 4.39. The summed E-state index contributed by atoms with van der Waals surface area (Å²) in [4.78, 5) is 13.6. The minimum absolute atomic E-state index is 0.0967. The van der Waals surface area contributed by atoms with Gasteiger partial charge in [-0.25, -0.2) is 4.79 Å². The van der Waals surface area contributed by atoms with Crippen LogP contribution in [0, 0.1) is 6.92 Å². The van der Waals surface area contributed by atoms with Crippen molar-refractivity contribution in [2.24, 2.45) is 0 Å². The summed E-state index contributed by atoms with van der Waals surface area (Å²) >= 11 is 0. The first-order valence-corrected chi connectivity index (χ1v) is 11.1. The van der Waals surface area contributed by atoms with Gasteiger partial charge < -0.3 is 24.3 Å². The SMILES string of the molecule is COC(=O)C[NH+]1[C@@H](c2ccccc2)c2cc(C)ccc2N[C@H]1c1cc(OC)c(OC)c(OC)c1. The molecule has 3 aromatic carbocycles. The highest BCUT2D eigenvalue weighted by Gasteiger charge is 2.41. The molecule has 0 aromatic heterocycles. The monoisotopic (exact) mass is 463 g/mol. The molecule has 2 N–H and O–H groups in total. The Morgan fingerprint density at radius 2 is 1.56 bits per heavy atom. The number of ether oxygens (including phenoxy) is 4. The molecule has 7 nitrogen and oxygen atoms in total. The van der Waals surface area contributed by atoms with Gasteiger partial charge in [0.25, 0.3) is 0 Å². The van der Waals surface area contributed by atoms with Crippen LogP contribution in [0.15, 0.2) is 60.7 Å². The van der Waals surface area contributed by atoms with Gasteiger partial charge in [0.15, 0.2) is 24.2 Å². The third-order valence-corrected chi connectivity index (χ3v) is 6.29. The van der Waals surface area contributed by atoms with Crippen LogP contribution in [0.2, 0.25) is 0 Å². The second-order valence-corrected chi connectivity index (χ2v) is 8.30. The van der Waals surface area contributed by atoms with Gasteiger partial charge in [-0.3, -0.25) is 4.90 Å². The Kier molecular flexibility index (Phi) is 6.93.